The van der Waals surface area contributed by atoms with Gasteiger partial charge in [-0.2, -0.15) is 0 Å². The summed E-state index contributed by atoms with van der Waals surface area (Å²) < 4.78 is 14.6. The monoisotopic (exact) mass is 284 g/mol. The van der Waals surface area contributed by atoms with Crippen LogP contribution in [0.2, 0.25) is 0 Å². The zero-order valence-corrected chi connectivity index (χ0v) is 10.7. The van der Waals surface area contributed by atoms with Gasteiger partial charge in [0.05, 0.1) is 11.8 Å². The molecular weight excluding hydrogens is 275 g/mol. The molecule has 5 nitrogen and oxygen atoms in total. The Morgan fingerprint density at radius 1 is 1.05 bits per heavy atom. The molecule has 2 heterocycles. The van der Waals surface area contributed by atoms with Gasteiger partial charge in [-0.05, 0) is 24.3 Å². The Labute approximate surface area is 118 Å². The SMILES string of the molecule is O=C(O)c1ccc(C(=O)c2cnc3ccc(F)cn23)cc1. The summed E-state index contributed by atoms with van der Waals surface area (Å²) in [5.74, 6) is -1.90. The number of benzene rings is 1. The average molecular weight is 284 g/mol. The lowest BCUT2D eigenvalue weighted by atomic mass is 10.1. The van der Waals surface area contributed by atoms with Gasteiger partial charge in [-0.15, -0.1) is 0 Å². The molecule has 0 saturated heterocycles. The van der Waals surface area contributed by atoms with Crippen LogP contribution in [-0.4, -0.2) is 26.2 Å². The molecule has 1 aromatic carbocycles. The predicted molar refractivity (Wildman–Crippen MR) is 72.0 cm³/mol. The number of ketones is 1. The van der Waals surface area contributed by atoms with Crippen molar-refractivity contribution in [1.82, 2.24) is 9.38 Å². The molecule has 0 spiro atoms. The van der Waals surface area contributed by atoms with Crippen molar-refractivity contribution in [3.8, 4) is 0 Å². The van der Waals surface area contributed by atoms with Crippen LogP contribution in [0.1, 0.15) is 26.4 Å². The molecule has 104 valence electrons. The van der Waals surface area contributed by atoms with Gasteiger partial charge in [0.15, 0.2) is 0 Å². The Bertz CT molecular complexity index is 853. The normalized spacial score (nSPS) is 10.7. The highest BCUT2D eigenvalue weighted by Crippen LogP contribution is 2.14. The Hall–Kier alpha value is -3.02. The molecule has 0 radical (unpaired) electrons. The molecular formula is C15H9FN2O3. The van der Waals surface area contributed by atoms with Gasteiger partial charge in [-0.25, -0.2) is 14.2 Å². The minimum atomic E-state index is -1.06. The number of imidazole rings is 1. The number of aromatic nitrogens is 2. The summed E-state index contributed by atoms with van der Waals surface area (Å²) >= 11 is 0. The fourth-order valence-electron chi connectivity index (χ4n) is 2.03. The summed E-state index contributed by atoms with van der Waals surface area (Å²) in [7, 11) is 0. The Balaban J connectivity index is 2.04. The van der Waals surface area contributed by atoms with E-state index in [1.807, 2.05) is 0 Å². The van der Waals surface area contributed by atoms with Crippen molar-refractivity contribution in [1.29, 1.82) is 0 Å². The van der Waals surface area contributed by atoms with E-state index in [-0.39, 0.29) is 17.0 Å². The Kier molecular flexibility index (Phi) is 2.98. The lowest BCUT2D eigenvalue weighted by Crippen LogP contribution is -2.06. The third kappa shape index (κ3) is 2.27. The van der Waals surface area contributed by atoms with Gasteiger partial charge in [0.1, 0.15) is 17.2 Å². The highest BCUT2D eigenvalue weighted by atomic mass is 19.1. The predicted octanol–water partition coefficient (Wildman–Crippen LogP) is 2.40. The number of hydrogen-bond acceptors (Lipinski definition) is 3. The highest BCUT2D eigenvalue weighted by Gasteiger charge is 2.15. The number of fused-ring (bicyclic) bond motifs is 1. The van der Waals surface area contributed by atoms with E-state index in [2.05, 4.69) is 4.98 Å². The van der Waals surface area contributed by atoms with E-state index >= 15 is 0 Å². The van der Waals surface area contributed by atoms with E-state index in [4.69, 9.17) is 5.11 Å². The second-order valence-electron chi connectivity index (χ2n) is 4.43. The second-order valence-corrected chi connectivity index (χ2v) is 4.43. The molecule has 2 aromatic heterocycles. The topological polar surface area (TPSA) is 71.7 Å². The molecule has 3 rings (SSSR count). The quantitative estimate of drug-likeness (QED) is 0.750. The minimum absolute atomic E-state index is 0.0933. The van der Waals surface area contributed by atoms with Gasteiger partial charge in [-0.3, -0.25) is 9.20 Å². The van der Waals surface area contributed by atoms with E-state index < -0.39 is 11.8 Å². The number of nitrogens with zero attached hydrogens (tertiary/aromatic N) is 2. The molecule has 0 saturated carbocycles. The largest absolute Gasteiger partial charge is 0.478 e. The van der Waals surface area contributed by atoms with E-state index in [1.54, 1.807) is 0 Å². The van der Waals surface area contributed by atoms with E-state index in [9.17, 15) is 14.0 Å². The first kappa shape index (κ1) is 13.0. The maximum absolute atomic E-state index is 13.3. The van der Waals surface area contributed by atoms with Crippen LogP contribution in [0.3, 0.4) is 0 Å². The van der Waals surface area contributed by atoms with Crippen molar-refractivity contribution in [2.45, 2.75) is 0 Å². The molecule has 0 bridgehead atoms. The van der Waals surface area contributed by atoms with Crippen LogP contribution in [0.15, 0.2) is 48.8 Å². The van der Waals surface area contributed by atoms with Gasteiger partial charge in [-0.1, -0.05) is 12.1 Å². The molecule has 0 aliphatic heterocycles. The van der Waals surface area contributed by atoms with Crippen molar-refractivity contribution >= 4 is 17.4 Å². The highest BCUT2D eigenvalue weighted by molar-refractivity contribution is 6.08. The van der Waals surface area contributed by atoms with Crippen molar-refractivity contribution < 1.29 is 19.1 Å². The molecule has 6 heteroatoms. The number of carboxylic acid groups (broad SMARTS) is 1. The molecule has 0 aliphatic carbocycles. The summed E-state index contributed by atoms with van der Waals surface area (Å²) in [6.45, 7) is 0. The van der Waals surface area contributed by atoms with Crippen LogP contribution in [0.4, 0.5) is 4.39 Å². The van der Waals surface area contributed by atoms with Crippen LogP contribution in [-0.2, 0) is 0 Å². The summed E-state index contributed by atoms with van der Waals surface area (Å²) in [5.41, 5.74) is 1.08. The van der Waals surface area contributed by atoms with Crippen LogP contribution in [0.25, 0.3) is 5.65 Å². The van der Waals surface area contributed by atoms with E-state index in [0.29, 0.717) is 11.2 Å². The molecule has 0 unspecified atom stereocenters. The maximum atomic E-state index is 13.3. The van der Waals surface area contributed by atoms with Gasteiger partial charge >= 0.3 is 5.97 Å². The van der Waals surface area contributed by atoms with Crippen LogP contribution >= 0.6 is 0 Å². The molecule has 0 atom stereocenters. The Morgan fingerprint density at radius 2 is 1.71 bits per heavy atom. The molecule has 3 aromatic rings. The molecule has 1 N–H and O–H groups in total. The third-order valence-corrected chi connectivity index (χ3v) is 3.10. The van der Waals surface area contributed by atoms with Crippen molar-refractivity contribution in [2.24, 2.45) is 0 Å². The number of carboxylic acids is 1. The number of hydrogen-bond donors (Lipinski definition) is 1. The maximum Gasteiger partial charge on any atom is 0.335 e. The number of carbonyl (C=O) groups is 2. The van der Waals surface area contributed by atoms with Crippen LogP contribution < -0.4 is 0 Å². The number of rotatable bonds is 3. The first-order valence-corrected chi connectivity index (χ1v) is 6.07. The smallest absolute Gasteiger partial charge is 0.335 e. The fourth-order valence-corrected chi connectivity index (χ4v) is 2.03. The van der Waals surface area contributed by atoms with Gasteiger partial charge in [0.2, 0.25) is 5.78 Å². The minimum Gasteiger partial charge on any atom is -0.478 e. The molecule has 0 amide bonds. The standard InChI is InChI=1S/C15H9FN2O3/c16-11-5-6-13-17-7-12(18(13)8-11)14(19)9-1-3-10(4-2-9)15(20)21/h1-8H,(H,20,21). The fraction of sp³-hybridized carbons (Fsp3) is 0. The number of aromatic carboxylic acids is 1. The zero-order chi connectivity index (χ0) is 15.0. The van der Waals surface area contributed by atoms with Crippen molar-refractivity contribution in [2.75, 3.05) is 0 Å². The van der Waals surface area contributed by atoms with Crippen molar-refractivity contribution in [3.05, 3.63) is 71.4 Å². The summed E-state index contributed by atoms with van der Waals surface area (Å²) in [5, 5.41) is 8.83. The molecule has 0 fully saturated rings. The second kappa shape index (κ2) is 4.82. The summed E-state index contributed by atoms with van der Waals surface area (Å²) in [6.07, 6.45) is 2.55. The van der Waals surface area contributed by atoms with E-state index in [0.717, 1.165) is 0 Å². The number of pyridine rings is 1. The van der Waals surface area contributed by atoms with Crippen LogP contribution in [0, 0.1) is 5.82 Å². The summed E-state index contributed by atoms with van der Waals surface area (Å²) in [4.78, 5) is 27.2. The van der Waals surface area contributed by atoms with E-state index in [1.165, 1.54) is 53.2 Å². The Morgan fingerprint density at radius 3 is 2.38 bits per heavy atom. The van der Waals surface area contributed by atoms with Gasteiger partial charge < -0.3 is 5.11 Å². The number of halogens is 1. The molecule has 21 heavy (non-hydrogen) atoms. The zero-order valence-electron chi connectivity index (χ0n) is 10.7. The lowest BCUT2D eigenvalue weighted by Gasteiger charge is -2.02. The van der Waals surface area contributed by atoms with Crippen LogP contribution in [0.5, 0.6) is 0 Å². The molecule has 0 aliphatic rings. The summed E-state index contributed by atoms with van der Waals surface area (Å²) in [6, 6.07) is 8.27. The average Bonchev–Trinajstić information content (AvgIpc) is 2.89. The lowest BCUT2D eigenvalue weighted by molar-refractivity contribution is 0.0696. The first-order valence-electron chi connectivity index (χ1n) is 6.07. The van der Waals surface area contributed by atoms with Crippen molar-refractivity contribution in [3.63, 3.8) is 0 Å². The first-order chi connectivity index (χ1) is 10.1. The third-order valence-electron chi connectivity index (χ3n) is 3.10. The number of carbonyl (C=O) groups excluding carboxylic acids is 1. The van der Waals surface area contributed by atoms with Gasteiger partial charge in [0, 0.05) is 11.8 Å². The van der Waals surface area contributed by atoms with Gasteiger partial charge in [0.25, 0.3) is 0 Å².